The van der Waals surface area contributed by atoms with E-state index in [0.717, 1.165) is 4.31 Å². The minimum atomic E-state index is -3.77. The summed E-state index contributed by atoms with van der Waals surface area (Å²) in [6.07, 6.45) is 0. The molecule has 0 saturated heterocycles. The van der Waals surface area contributed by atoms with E-state index in [1.807, 2.05) is 20.8 Å². The van der Waals surface area contributed by atoms with Crippen molar-refractivity contribution in [1.29, 1.82) is 0 Å². The van der Waals surface area contributed by atoms with Gasteiger partial charge < -0.3 is 20.7 Å². The minimum Gasteiger partial charge on any atom is -0.495 e. The van der Waals surface area contributed by atoms with Crippen molar-refractivity contribution in [2.24, 2.45) is 0 Å². The molecule has 10 heteroatoms. The highest BCUT2D eigenvalue weighted by molar-refractivity contribution is 7.89. The van der Waals surface area contributed by atoms with E-state index in [0.29, 0.717) is 16.9 Å². The summed E-state index contributed by atoms with van der Waals surface area (Å²) in [5, 5.41) is 8.51. The fourth-order valence-corrected chi connectivity index (χ4v) is 3.85. The first-order valence-electron chi connectivity index (χ1n) is 9.91. The summed E-state index contributed by atoms with van der Waals surface area (Å²) < 4.78 is 31.3. The van der Waals surface area contributed by atoms with Gasteiger partial charge >= 0.3 is 0 Å². The average Bonchev–Trinajstić information content (AvgIpc) is 2.71. The van der Waals surface area contributed by atoms with Gasteiger partial charge in [0, 0.05) is 31.0 Å². The van der Waals surface area contributed by atoms with Crippen LogP contribution in [-0.2, 0) is 14.8 Å². The van der Waals surface area contributed by atoms with Gasteiger partial charge in [0.1, 0.15) is 10.6 Å². The van der Waals surface area contributed by atoms with Gasteiger partial charge in [0.2, 0.25) is 15.9 Å². The number of benzene rings is 2. The lowest BCUT2D eigenvalue weighted by Crippen LogP contribution is -2.40. The molecule has 2 aromatic carbocycles. The molecule has 0 spiro atoms. The van der Waals surface area contributed by atoms with E-state index < -0.39 is 21.5 Å². The summed E-state index contributed by atoms with van der Waals surface area (Å²) in [5.74, 6) is -0.488. The van der Waals surface area contributed by atoms with Crippen LogP contribution in [0.3, 0.4) is 0 Å². The molecule has 0 aliphatic carbocycles. The molecule has 0 bridgehead atoms. The van der Waals surface area contributed by atoms with Crippen molar-refractivity contribution in [2.45, 2.75) is 31.2 Å². The molecular weight excluding hydrogens is 432 g/mol. The number of nitrogens with one attached hydrogen (secondary N) is 3. The number of carbonyl (C=O) groups is 2. The van der Waals surface area contributed by atoms with Gasteiger partial charge in [-0.1, -0.05) is 12.1 Å². The van der Waals surface area contributed by atoms with Gasteiger partial charge in [0.25, 0.3) is 5.91 Å². The first-order chi connectivity index (χ1) is 14.8. The summed E-state index contributed by atoms with van der Waals surface area (Å²) in [6, 6.07) is 11.3. The largest absolute Gasteiger partial charge is 0.495 e. The van der Waals surface area contributed by atoms with Crippen LogP contribution in [0.2, 0.25) is 0 Å². The van der Waals surface area contributed by atoms with E-state index in [1.54, 1.807) is 30.3 Å². The Balaban J connectivity index is 2.14. The Bertz CT molecular complexity index is 1090. The van der Waals surface area contributed by atoms with E-state index in [9.17, 15) is 18.0 Å². The highest BCUT2D eigenvalue weighted by Gasteiger charge is 2.23. The monoisotopic (exact) mass is 462 g/mol. The molecule has 2 amide bonds. The molecule has 0 fully saturated rings. The van der Waals surface area contributed by atoms with Crippen molar-refractivity contribution in [3.63, 3.8) is 0 Å². The zero-order chi connectivity index (χ0) is 24.1. The molecule has 9 nitrogen and oxygen atoms in total. The maximum absolute atomic E-state index is 12.5. The number of anilines is 2. The molecule has 0 radical (unpaired) electrons. The van der Waals surface area contributed by atoms with Crippen LogP contribution >= 0.6 is 0 Å². The summed E-state index contributed by atoms with van der Waals surface area (Å²) in [4.78, 5) is 25.0. The number of methoxy groups -OCH3 is 1. The molecule has 2 rings (SSSR count). The molecule has 0 aliphatic heterocycles. The smallest absolute Gasteiger partial charge is 0.253 e. The third-order valence-corrected chi connectivity index (χ3v) is 6.14. The maximum atomic E-state index is 12.5. The Morgan fingerprint density at radius 3 is 2.31 bits per heavy atom. The second-order valence-electron chi connectivity index (χ2n) is 8.30. The third kappa shape index (κ3) is 6.44. The number of amides is 2. The maximum Gasteiger partial charge on any atom is 0.253 e. The Labute approximate surface area is 189 Å². The van der Waals surface area contributed by atoms with Gasteiger partial charge in [-0.3, -0.25) is 9.59 Å². The molecule has 174 valence electrons. The average molecular weight is 463 g/mol. The second-order valence-corrected chi connectivity index (χ2v) is 10.4. The first-order valence-corrected chi connectivity index (χ1v) is 11.3. The van der Waals surface area contributed by atoms with Crippen LogP contribution in [0.15, 0.2) is 47.4 Å². The summed E-state index contributed by atoms with van der Waals surface area (Å²) in [7, 11) is 0.436. The highest BCUT2D eigenvalue weighted by atomic mass is 32.2. The summed E-state index contributed by atoms with van der Waals surface area (Å²) in [5.41, 5.74) is 0.825. The number of para-hydroxylation sites is 1. The number of rotatable bonds is 8. The standard InChI is InChI=1S/C22H30N4O5S/c1-22(2,3)25-21(28)16-9-7-8-10-17(16)23-14-20(27)24-15-11-12-18(31-6)19(13-15)32(29,30)26(4)5/h7-13,23H,14H2,1-6H3,(H,24,27)(H,25,28). The summed E-state index contributed by atoms with van der Waals surface area (Å²) in [6.45, 7) is 5.53. The van der Waals surface area contributed by atoms with Gasteiger partial charge in [-0.25, -0.2) is 12.7 Å². The lowest BCUT2D eigenvalue weighted by molar-refractivity contribution is -0.114. The normalized spacial score (nSPS) is 11.7. The first kappa shape index (κ1) is 25.2. The SMILES string of the molecule is COc1ccc(NC(=O)CNc2ccccc2C(=O)NC(C)(C)C)cc1S(=O)(=O)N(C)C. The zero-order valence-electron chi connectivity index (χ0n) is 19.1. The minimum absolute atomic E-state index is 0.0556. The van der Waals surface area contributed by atoms with Crippen molar-refractivity contribution in [1.82, 2.24) is 9.62 Å². The number of hydrogen-bond donors (Lipinski definition) is 3. The number of hydrogen-bond acceptors (Lipinski definition) is 6. The van der Waals surface area contributed by atoms with Crippen LogP contribution in [-0.4, -0.2) is 57.8 Å². The molecule has 3 N–H and O–H groups in total. The van der Waals surface area contributed by atoms with E-state index in [2.05, 4.69) is 16.0 Å². The quantitative estimate of drug-likeness (QED) is 0.555. The van der Waals surface area contributed by atoms with Crippen molar-refractivity contribution in [2.75, 3.05) is 38.4 Å². The second kappa shape index (κ2) is 10.0. The van der Waals surface area contributed by atoms with E-state index in [-0.39, 0.29) is 23.1 Å². The molecule has 0 aliphatic rings. The zero-order valence-corrected chi connectivity index (χ0v) is 20.0. The number of sulfonamides is 1. The van der Waals surface area contributed by atoms with Gasteiger partial charge in [0.05, 0.1) is 19.2 Å². The van der Waals surface area contributed by atoms with Gasteiger partial charge in [-0.15, -0.1) is 0 Å². The van der Waals surface area contributed by atoms with Gasteiger partial charge in [0.15, 0.2) is 0 Å². The van der Waals surface area contributed by atoms with Crippen molar-refractivity contribution >= 4 is 33.2 Å². The van der Waals surface area contributed by atoms with Crippen LogP contribution < -0.4 is 20.7 Å². The topological polar surface area (TPSA) is 117 Å². The van der Waals surface area contributed by atoms with Gasteiger partial charge in [-0.2, -0.15) is 0 Å². The molecule has 2 aromatic rings. The highest BCUT2D eigenvalue weighted by Crippen LogP contribution is 2.28. The van der Waals surface area contributed by atoms with Crippen LogP contribution in [0.1, 0.15) is 31.1 Å². The predicted molar refractivity (Wildman–Crippen MR) is 125 cm³/mol. The molecule has 0 atom stereocenters. The van der Waals surface area contributed by atoms with Gasteiger partial charge in [-0.05, 0) is 51.1 Å². The lowest BCUT2D eigenvalue weighted by Gasteiger charge is -2.21. The lowest BCUT2D eigenvalue weighted by atomic mass is 10.1. The van der Waals surface area contributed by atoms with Crippen molar-refractivity contribution in [3.8, 4) is 5.75 Å². The molecule has 0 heterocycles. The summed E-state index contributed by atoms with van der Waals surface area (Å²) >= 11 is 0. The van der Waals surface area contributed by atoms with Crippen LogP contribution in [0.5, 0.6) is 5.75 Å². The molecule has 0 saturated carbocycles. The Morgan fingerprint density at radius 2 is 1.72 bits per heavy atom. The Kier molecular flexibility index (Phi) is 7.87. The van der Waals surface area contributed by atoms with Crippen LogP contribution in [0.4, 0.5) is 11.4 Å². The van der Waals surface area contributed by atoms with Crippen molar-refractivity contribution < 1.29 is 22.7 Å². The number of ether oxygens (including phenoxy) is 1. The van der Waals surface area contributed by atoms with Crippen molar-refractivity contribution in [3.05, 3.63) is 48.0 Å². The van der Waals surface area contributed by atoms with Crippen LogP contribution in [0.25, 0.3) is 0 Å². The number of carbonyl (C=O) groups excluding carboxylic acids is 2. The fraction of sp³-hybridized carbons (Fsp3) is 0.364. The number of nitrogens with zero attached hydrogens (tertiary/aromatic N) is 1. The van der Waals surface area contributed by atoms with E-state index >= 15 is 0 Å². The molecule has 0 aromatic heterocycles. The van der Waals surface area contributed by atoms with Crippen LogP contribution in [0, 0.1) is 0 Å². The Hall–Kier alpha value is -3.11. The Morgan fingerprint density at radius 1 is 1.06 bits per heavy atom. The molecular formula is C22H30N4O5S. The molecule has 32 heavy (non-hydrogen) atoms. The molecule has 0 unspecified atom stereocenters. The third-order valence-electron chi connectivity index (χ3n) is 4.31. The van der Waals surface area contributed by atoms with E-state index in [4.69, 9.17) is 4.74 Å². The fourth-order valence-electron chi connectivity index (χ4n) is 2.78. The predicted octanol–water partition coefficient (Wildman–Crippen LogP) is 2.52. The van der Waals surface area contributed by atoms with E-state index in [1.165, 1.54) is 33.3 Å².